The predicted molar refractivity (Wildman–Crippen MR) is 93.3 cm³/mol. The van der Waals surface area contributed by atoms with Gasteiger partial charge in [0.15, 0.2) is 0 Å². The van der Waals surface area contributed by atoms with Gasteiger partial charge in [-0.3, -0.25) is 0 Å². The number of rotatable bonds is 4. The largest absolute Gasteiger partial charge is 0.465 e. The highest BCUT2D eigenvalue weighted by Crippen LogP contribution is 2.31. The molecule has 25 heavy (non-hydrogen) atoms. The summed E-state index contributed by atoms with van der Waals surface area (Å²) in [7, 11) is 0. The molecule has 3 N–H and O–H groups in total. The van der Waals surface area contributed by atoms with Gasteiger partial charge < -0.3 is 20.3 Å². The molecule has 2 heterocycles. The van der Waals surface area contributed by atoms with Gasteiger partial charge in [0.1, 0.15) is 11.6 Å². The SMILES string of the molecule is NCCn1cc(-c2ccc(F)c(Cl)c2)nc1C1CCN(C(=O)O)CC1. The van der Waals surface area contributed by atoms with Crippen LogP contribution in [0.25, 0.3) is 11.3 Å². The van der Waals surface area contributed by atoms with Crippen LogP contribution in [-0.2, 0) is 6.54 Å². The molecule has 0 radical (unpaired) electrons. The van der Waals surface area contributed by atoms with Crippen molar-refractivity contribution in [2.45, 2.75) is 25.3 Å². The minimum atomic E-state index is -0.884. The van der Waals surface area contributed by atoms with Gasteiger partial charge in [-0.15, -0.1) is 0 Å². The van der Waals surface area contributed by atoms with Crippen molar-refractivity contribution in [1.29, 1.82) is 0 Å². The Bertz CT molecular complexity index is 772. The third kappa shape index (κ3) is 3.77. The van der Waals surface area contributed by atoms with E-state index < -0.39 is 11.9 Å². The molecule has 1 aliphatic rings. The molecule has 3 rings (SSSR count). The monoisotopic (exact) mass is 366 g/mol. The first-order valence-corrected chi connectivity index (χ1v) is 8.58. The van der Waals surface area contributed by atoms with Crippen molar-refractivity contribution in [2.75, 3.05) is 19.6 Å². The van der Waals surface area contributed by atoms with Gasteiger partial charge in [0.2, 0.25) is 0 Å². The van der Waals surface area contributed by atoms with Gasteiger partial charge in [-0.1, -0.05) is 11.6 Å². The maximum Gasteiger partial charge on any atom is 0.407 e. The van der Waals surface area contributed by atoms with Crippen LogP contribution in [0.1, 0.15) is 24.6 Å². The van der Waals surface area contributed by atoms with Gasteiger partial charge in [0.25, 0.3) is 0 Å². The van der Waals surface area contributed by atoms with Crippen LogP contribution >= 0.6 is 11.6 Å². The Morgan fingerprint density at radius 3 is 2.72 bits per heavy atom. The van der Waals surface area contributed by atoms with Gasteiger partial charge in [0, 0.05) is 43.9 Å². The van der Waals surface area contributed by atoms with Crippen molar-refractivity contribution in [3.63, 3.8) is 0 Å². The molecular weight excluding hydrogens is 347 g/mol. The van der Waals surface area contributed by atoms with E-state index in [9.17, 15) is 9.18 Å². The van der Waals surface area contributed by atoms with E-state index in [1.54, 1.807) is 12.1 Å². The molecule has 1 aromatic heterocycles. The van der Waals surface area contributed by atoms with Crippen LogP contribution in [0.2, 0.25) is 5.02 Å². The number of nitrogens with zero attached hydrogens (tertiary/aromatic N) is 3. The molecule has 6 nitrogen and oxygen atoms in total. The molecule has 0 atom stereocenters. The maximum absolute atomic E-state index is 13.4. The number of piperidine rings is 1. The fourth-order valence-corrected chi connectivity index (χ4v) is 3.38. The zero-order valence-corrected chi connectivity index (χ0v) is 14.4. The van der Waals surface area contributed by atoms with Crippen molar-refractivity contribution in [3.05, 3.63) is 41.1 Å². The summed E-state index contributed by atoms with van der Waals surface area (Å²) >= 11 is 5.88. The van der Waals surface area contributed by atoms with E-state index in [1.165, 1.54) is 11.0 Å². The number of halogens is 2. The summed E-state index contributed by atoms with van der Waals surface area (Å²) in [5.41, 5.74) is 7.16. The molecule has 8 heteroatoms. The average molecular weight is 367 g/mol. The van der Waals surface area contributed by atoms with Gasteiger partial charge in [-0.05, 0) is 31.0 Å². The van der Waals surface area contributed by atoms with Crippen LogP contribution in [0.5, 0.6) is 0 Å². The van der Waals surface area contributed by atoms with Crippen LogP contribution in [0, 0.1) is 5.82 Å². The summed E-state index contributed by atoms with van der Waals surface area (Å²) in [6, 6.07) is 4.53. The fourth-order valence-electron chi connectivity index (χ4n) is 3.20. The Morgan fingerprint density at radius 2 is 2.12 bits per heavy atom. The molecule has 0 bridgehead atoms. The highest BCUT2D eigenvalue weighted by molar-refractivity contribution is 6.31. The first kappa shape index (κ1) is 17.7. The van der Waals surface area contributed by atoms with Crippen molar-refractivity contribution >= 4 is 17.7 Å². The summed E-state index contributed by atoms with van der Waals surface area (Å²) in [6.45, 7) is 2.08. The molecule has 1 aliphatic heterocycles. The Balaban J connectivity index is 1.87. The Hall–Kier alpha value is -2.12. The van der Waals surface area contributed by atoms with E-state index in [4.69, 9.17) is 27.4 Å². The van der Waals surface area contributed by atoms with Gasteiger partial charge >= 0.3 is 6.09 Å². The van der Waals surface area contributed by atoms with Crippen LogP contribution in [-0.4, -0.2) is 45.3 Å². The van der Waals surface area contributed by atoms with Gasteiger partial charge in [-0.2, -0.15) is 0 Å². The lowest BCUT2D eigenvalue weighted by atomic mass is 9.96. The van der Waals surface area contributed by atoms with E-state index >= 15 is 0 Å². The molecule has 1 amide bonds. The highest BCUT2D eigenvalue weighted by atomic mass is 35.5. The van der Waals surface area contributed by atoms with Crippen LogP contribution in [0.4, 0.5) is 9.18 Å². The van der Waals surface area contributed by atoms with E-state index in [0.717, 1.165) is 24.2 Å². The first-order chi connectivity index (χ1) is 12.0. The molecule has 0 spiro atoms. The lowest BCUT2D eigenvalue weighted by molar-refractivity contribution is 0.131. The zero-order valence-electron chi connectivity index (χ0n) is 13.7. The number of amides is 1. The van der Waals surface area contributed by atoms with E-state index in [-0.39, 0.29) is 10.9 Å². The quantitative estimate of drug-likeness (QED) is 0.870. The van der Waals surface area contributed by atoms with Crippen LogP contribution < -0.4 is 5.73 Å². The summed E-state index contributed by atoms with van der Waals surface area (Å²) in [6.07, 6.45) is 2.45. The first-order valence-electron chi connectivity index (χ1n) is 8.20. The van der Waals surface area contributed by atoms with Crippen molar-refractivity contribution in [3.8, 4) is 11.3 Å². The number of imidazole rings is 1. The molecule has 1 fully saturated rings. The second-order valence-corrected chi connectivity index (χ2v) is 6.55. The third-order valence-corrected chi connectivity index (χ3v) is 4.81. The second-order valence-electron chi connectivity index (χ2n) is 6.14. The number of hydrogen-bond donors (Lipinski definition) is 2. The third-order valence-electron chi connectivity index (χ3n) is 4.52. The lowest BCUT2D eigenvalue weighted by Crippen LogP contribution is -2.37. The van der Waals surface area contributed by atoms with Crippen LogP contribution in [0.3, 0.4) is 0 Å². The summed E-state index contributed by atoms with van der Waals surface area (Å²) < 4.78 is 15.4. The maximum atomic E-state index is 13.4. The fraction of sp³-hybridized carbons (Fsp3) is 0.412. The van der Waals surface area contributed by atoms with Gasteiger partial charge in [0.05, 0.1) is 10.7 Å². The van der Waals surface area contributed by atoms with Gasteiger partial charge in [-0.25, -0.2) is 14.2 Å². The van der Waals surface area contributed by atoms with E-state index in [0.29, 0.717) is 31.9 Å². The Kier molecular flexibility index (Phi) is 5.24. The zero-order chi connectivity index (χ0) is 18.0. The minimum absolute atomic E-state index is 0.0576. The lowest BCUT2D eigenvalue weighted by Gasteiger charge is -2.29. The number of carboxylic acid groups (broad SMARTS) is 1. The Labute approximate surface area is 150 Å². The molecule has 2 aromatic rings. The van der Waals surface area contributed by atoms with Crippen molar-refractivity contribution in [1.82, 2.24) is 14.5 Å². The number of benzene rings is 1. The van der Waals surface area contributed by atoms with Crippen molar-refractivity contribution in [2.24, 2.45) is 5.73 Å². The van der Waals surface area contributed by atoms with E-state index in [2.05, 4.69) is 0 Å². The number of nitrogens with two attached hydrogens (primary N) is 1. The number of aromatic nitrogens is 2. The standard InChI is InChI=1S/C17H20ClFN4O2/c18-13-9-12(1-2-14(13)19)15-10-23(8-5-20)16(21-15)11-3-6-22(7-4-11)17(24)25/h1-2,9-11H,3-8,20H2,(H,24,25). The number of hydrogen-bond acceptors (Lipinski definition) is 3. The molecule has 1 saturated heterocycles. The smallest absolute Gasteiger partial charge is 0.407 e. The van der Waals surface area contributed by atoms with E-state index in [1.807, 2.05) is 10.8 Å². The Morgan fingerprint density at radius 1 is 1.40 bits per heavy atom. The molecule has 1 aromatic carbocycles. The summed E-state index contributed by atoms with van der Waals surface area (Å²) in [5, 5.41) is 9.14. The summed E-state index contributed by atoms with van der Waals surface area (Å²) in [4.78, 5) is 17.2. The molecule has 134 valence electrons. The second kappa shape index (κ2) is 7.41. The molecular formula is C17H20ClFN4O2. The van der Waals surface area contributed by atoms with Crippen molar-refractivity contribution < 1.29 is 14.3 Å². The number of likely N-dealkylation sites (tertiary alicyclic amines) is 1. The topological polar surface area (TPSA) is 84.4 Å². The predicted octanol–water partition coefficient (Wildman–Crippen LogP) is 3.16. The average Bonchev–Trinajstić information content (AvgIpc) is 3.02. The molecule has 0 aliphatic carbocycles. The highest BCUT2D eigenvalue weighted by Gasteiger charge is 2.27. The van der Waals surface area contributed by atoms with Crippen LogP contribution in [0.15, 0.2) is 24.4 Å². The normalized spacial score (nSPS) is 15.6. The molecule has 0 unspecified atom stereocenters. The minimum Gasteiger partial charge on any atom is -0.465 e. The summed E-state index contributed by atoms with van der Waals surface area (Å²) in [5.74, 6) is 0.603. The number of carbonyl (C=O) groups is 1. The molecule has 0 saturated carbocycles.